The van der Waals surface area contributed by atoms with Gasteiger partial charge in [0.05, 0.1) is 19.1 Å². The average molecular weight is 236 g/mol. The van der Waals surface area contributed by atoms with Crippen molar-refractivity contribution in [3.8, 4) is 0 Å². The van der Waals surface area contributed by atoms with Crippen molar-refractivity contribution in [2.75, 3.05) is 7.11 Å². The number of carbonyl (C=O) groups excluding carboxylic acids is 1. The molecule has 2 nitrogen and oxygen atoms in total. The van der Waals surface area contributed by atoms with Crippen molar-refractivity contribution >= 4 is 5.97 Å². The van der Waals surface area contributed by atoms with E-state index in [4.69, 9.17) is 0 Å². The topological polar surface area (TPSA) is 26.3 Å². The van der Waals surface area contributed by atoms with Crippen LogP contribution >= 0.6 is 0 Å². The first-order valence-electron chi connectivity index (χ1n) is 4.28. The van der Waals surface area contributed by atoms with E-state index in [0.29, 0.717) is 12.1 Å². The number of esters is 1. The highest BCUT2D eigenvalue weighted by Gasteiger charge is 2.20. The minimum absolute atomic E-state index is 0.0498. The lowest BCUT2D eigenvalue weighted by atomic mass is 10.1. The minimum atomic E-state index is -3.23. The molecule has 0 fully saturated rings. The largest absolute Gasteiger partial charge is 0.469 e. The second kappa shape index (κ2) is 4.96. The first kappa shape index (κ1) is 12.5. The predicted molar refractivity (Wildman–Crippen MR) is 47.0 cm³/mol. The summed E-state index contributed by atoms with van der Waals surface area (Å²) in [6.07, 6.45) is -3.60. The summed E-state index contributed by atoms with van der Waals surface area (Å²) in [5.41, 5.74) is -1.33. The zero-order valence-electron chi connectivity index (χ0n) is 8.27. The summed E-state index contributed by atoms with van der Waals surface area (Å²) in [7, 11) is 1.11. The molecule has 0 aliphatic heterocycles. The number of rotatable bonds is 3. The predicted octanol–water partition coefficient (Wildman–Crippen LogP) is 2.62. The molecule has 0 saturated heterocycles. The Kier molecular flexibility index (Phi) is 3.87. The molecule has 0 saturated carbocycles. The van der Waals surface area contributed by atoms with Crippen LogP contribution < -0.4 is 0 Å². The first-order chi connectivity index (χ1) is 7.45. The molecule has 0 spiro atoms. The normalized spacial score (nSPS) is 10.6. The Morgan fingerprint density at radius 3 is 2.19 bits per heavy atom. The quantitative estimate of drug-likeness (QED) is 0.595. The highest BCUT2D eigenvalue weighted by atomic mass is 19.3. The minimum Gasteiger partial charge on any atom is -0.469 e. The third-order valence-corrected chi connectivity index (χ3v) is 1.93. The van der Waals surface area contributed by atoms with Gasteiger partial charge in [-0.1, -0.05) is 0 Å². The Bertz CT molecular complexity index is 381. The molecular weight excluding hydrogens is 228 g/mol. The smallest absolute Gasteiger partial charge is 0.309 e. The fraction of sp³-hybridized carbons (Fsp3) is 0.300. The van der Waals surface area contributed by atoms with Crippen LogP contribution in [0.25, 0.3) is 0 Å². The molecule has 6 heteroatoms. The van der Waals surface area contributed by atoms with Crippen LogP contribution in [-0.2, 0) is 16.0 Å². The number of benzene rings is 1. The number of carbonyl (C=O) groups is 1. The monoisotopic (exact) mass is 236 g/mol. The van der Waals surface area contributed by atoms with Crippen LogP contribution in [0.4, 0.5) is 17.6 Å². The van der Waals surface area contributed by atoms with Crippen LogP contribution in [-0.4, -0.2) is 13.1 Å². The molecule has 0 aliphatic carbocycles. The van der Waals surface area contributed by atoms with Gasteiger partial charge in [0, 0.05) is 0 Å². The van der Waals surface area contributed by atoms with Crippen molar-refractivity contribution in [1.29, 1.82) is 0 Å². The Hall–Kier alpha value is -1.59. The van der Waals surface area contributed by atoms with Gasteiger partial charge >= 0.3 is 5.97 Å². The van der Waals surface area contributed by atoms with Crippen LogP contribution in [0.3, 0.4) is 0 Å². The second-order valence-electron chi connectivity index (χ2n) is 3.03. The van der Waals surface area contributed by atoms with Crippen molar-refractivity contribution in [2.24, 2.45) is 0 Å². The van der Waals surface area contributed by atoms with Crippen molar-refractivity contribution in [2.45, 2.75) is 12.8 Å². The molecule has 0 atom stereocenters. The molecule has 1 aromatic carbocycles. The van der Waals surface area contributed by atoms with E-state index < -0.39 is 29.6 Å². The van der Waals surface area contributed by atoms with E-state index in [-0.39, 0.29) is 12.0 Å². The van der Waals surface area contributed by atoms with Gasteiger partial charge in [-0.15, -0.1) is 0 Å². The van der Waals surface area contributed by atoms with E-state index in [1.807, 2.05) is 0 Å². The average Bonchev–Trinajstić information content (AvgIpc) is 2.15. The van der Waals surface area contributed by atoms with Crippen LogP contribution in [0, 0.1) is 11.6 Å². The number of methoxy groups -OCH3 is 1. The van der Waals surface area contributed by atoms with E-state index in [0.717, 1.165) is 7.11 Å². The molecule has 1 rings (SSSR count). The molecule has 0 N–H and O–H groups in total. The molecule has 1 aromatic rings. The Morgan fingerprint density at radius 2 is 1.81 bits per heavy atom. The molecule has 0 radical (unpaired) electrons. The maximum atomic E-state index is 13.0. The summed E-state index contributed by atoms with van der Waals surface area (Å²) >= 11 is 0. The highest BCUT2D eigenvalue weighted by Crippen LogP contribution is 2.26. The van der Waals surface area contributed by atoms with Crippen molar-refractivity contribution in [3.63, 3.8) is 0 Å². The Morgan fingerprint density at radius 1 is 1.31 bits per heavy atom. The van der Waals surface area contributed by atoms with E-state index in [2.05, 4.69) is 4.74 Å². The summed E-state index contributed by atoms with van der Waals surface area (Å²) in [4.78, 5) is 10.8. The number of hydrogen-bond donors (Lipinski definition) is 0. The fourth-order valence-electron chi connectivity index (χ4n) is 1.19. The molecule has 0 heterocycles. The zero-order chi connectivity index (χ0) is 12.3. The molecular formula is C10H8F4O2. The van der Waals surface area contributed by atoms with Crippen LogP contribution in [0.5, 0.6) is 0 Å². The van der Waals surface area contributed by atoms with Gasteiger partial charge in [0.25, 0.3) is 6.43 Å². The number of hydrogen-bond acceptors (Lipinski definition) is 2. The summed E-state index contributed by atoms with van der Waals surface area (Å²) in [5, 5.41) is 0. The lowest BCUT2D eigenvalue weighted by molar-refractivity contribution is -0.139. The summed E-state index contributed by atoms with van der Waals surface area (Å²) in [5.74, 6) is -3.44. The lowest BCUT2D eigenvalue weighted by Gasteiger charge is -2.06. The van der Waals surface area contributed by atoms with E-state index in [1.54, 1.807) is 0 Å². The zero-order valence-corrected chi connectivity index (χ0v) is 8.27. The van der Waals surface area contributed by atoms with Gasteiger partial charge in [-0.2, -0.15) is 0 Å². The second-order valence-corrected chi connectivity index (χ2v) is 3.03. The van der Waals surface area contributed by atoms with Gasteiger partial charge in [-0.05, 0) is 17.7 Å². The third kappa shape index (κ3) is 2.71. The molecule has 0 bridgehead atoms. The van der Waals surface area contributed by atoms with E-state index in [1.165, 1.54) is 0 Å². The van der Waals surface area contributed by atoms with E-state index >= 15 is 0 Å². The Labute approximate surface area is 88.8 Å². The van der Waals surface area contributed by atoms with Gasteiger partial charge in [-0.25, -0.2) is 17.6 Å². The first-order valence-corrected chi connectivity index (χ1v) is 4.28. The van der Waals surface area contributed by atoms with Crippen molar-refractivity contribution < 1.29 is 27.1 Å². The SMILES string of the molecule is COC(=O)Cc1cc(F)c(C(F)F)c(F)c1. The summed E-state index contributed by atoms with van der Waals surface area (Å²) in [6, 6.07) is 1.39. The molecule has 0 unspecified atom stereocenters. The fourth-order valence-corrected chi connectivity index (χ4v) is 1.19. The number of alkyl halides is 2. The maximum absolute atomic E-state index is 13.0. The molecule has 0 amide bonds. The van der Waals surface area contributed by atoms with Gasteiger partial charge in [-0.3, -0.25) is 4.79 Å². The van der Waals surface area contributed by atoms with Gasteiger partial charge in [0.1, 0.15) is 11.6 Å². The van der Waals surface area contributed by atoms with Crippen LogP contribution in [0.15, 0.2) is 12.1 Å². The summed E-state index contributed by atoms with van der Waals surface area (Å²) < 4.78 is 54.7. The number of ether oxygens (including phenoxy) is 1. The van der Waals surface area contributed by atoms with Gasteiger partial charge in [0.2, 0.25) is 0 Å². The van der Waals surface area contributed by atoms with E-state index in [9.17, 15) is 22.4 Å². The molecule has 0 aromatic heterocycles. The molecule has 88 valence electrons. The third-order valence-electron chi connectivity index (χ3n) is 1.93. The molecule has 16 heavy (non-hydrogen) atoms. The maximum Gasteiger partial charge on any atom is 0.309 e. The van der Waals surface area contributed by atoms with Crippen LogP contribution in [0.1, 0.15) is 17.6 Å². The number of halogens is 4. The highest BCUT2D eigenvalue weighted by molar-refractivity contribution is 5.72. The lowest BCUT2D eigenvalue weighted by Crippen LogP contribution is -2.06. The Balaban J connectivity index is 3.05. The van der Waals surface area contributed by atoms with Gasteiger partial charge in [0.15, 0.2) is 0 Å². The van der Waals surface area contributed by atoms with Crippen molar-refractivity contribution in [3.05, 3.63) is 34.9 Å². The van der Waals surface area contributed by atoms with Crippen LogP contribution in [0.2, 0.25) is 0 Å². The van der Waals surface area contributed by atoms with Crippen molar-refractivity contribution in [1.82, 2.24) is 0 Å². The molecule has 0 aliphatic rings. The standard InChI is InChI=1S/C10H8F4O2/c1-16-8(15)4-5-2-6(11)9(10(13)14)7(12)3-5/h2-3,10H,4H2,1H3. The summed E-state index contributed by atoms with van der Waals surface area (Å²) in [6.45, 7) is 0. The van der Waals surface area contributed by atoms with Gasteiger partial charge < -0.3 is 4.74 Å².